The summed E-state index contributed by atoms with van der Waals surface area (Å²) in [7, 11) is 0. The maximum absolute atomic E-state index is 12.9. The van der Waals surface area contributed by atoms with Gasteiger partial charge in [0.15, 0.2) is 0 Å². The van der Waals surface area contributed by atoms with Gasteiger partial charge in [0.2, 0.25) is 0 Å². The van der Waals surface area contributed by atoms with Gasteiger partial charge in [-0.1, -0.05) is 0 Å². The molecule has 1 amide bonds. The molecule has 1 aliphatic heterocycles. The molecule has 124 valence electrons. The molecule has 0 radical (unpaired) electrons. The number of fused-ring (bicyclic) bond motifs is 2. The molecule has 3 unspecified atom stereocenters. The first-order valence-electron chi connectivity index (χ1n) is 8.69. The van der Waals surface area contributed by atoms with E-state index in [9.17, 15) is 4.79 Å². The minimum Gasteiger partial charge on any atom is -0.374 e. The van der Waals surface area contributed by atoms with Crippen LogP contribution in [0.3, 0.4) is 0 Å². The van der Waals surface area contributed by atoms with E-state index in [1.54, 1.807) is 6.20 Å². The van der Waals surface area contributed by atoms with E-state index in [0.29, 0.717) is 18.7 Å². The van der Waals surface area contributed by atoms with Gasteiger partial charge in [-0.2, -0.15) is 0 Å². The van der Waals surface area contributed by atoms with Gasteiger partial charge in [0.05, 0.1) is 24.3 Å². The summed E-state index contributed by atoms with van der Waals surface area (Å²) in [5.74, 6) is 0.775. The number of carbonyl (C=O) groups excluding carboxylic acids is 1. The summed E-state index contributed by atoms with van der Waals surface area (Å²) in [4.78, 5) is 19.1. The fraction of sp³-hybridized carbons (Fsp3) is 0.667. The fourth-order valence-electron chi connectivity index (χ4n) is 3.65. The van der Waals surface area contributed by atoms with Crippen LogP contribution in [0.1, 0.15) is 41.7 Å². The van der Waals surface area contributed by atoms with E-state index in [2.05, 4.69) is 4.98 Å². The van der Waals surface area contributed by atoms with Gasteiger partial charge in [-0.05, 0) is 50.7 Å². The fourth-order valence-corrected chi connectivity index (χ4v) is 3.65. The van der Waals surface area contributed by atoms with Crippen LogP contribution in [0.25, 0.3) is 0 Å². The monoisotopic (exact) mass is 316 g/mol. The van der Waals surface area contributed by atoms with Crippen molar-refractivity contribution in [3.8, 4) is 0 Å². The Labute approximate surface area is 137 Å². The summed E-state index contributed by atoms with van der Waals surface area (Å²) in [6.07, 6.45) is 6.35. The number of nitrogens with zero attached hydrogens (tertiary/aromatic N) is 2. The molecular weight excluding hydrogens is 292 g/mol. The number of aryl methyl sites for hydroxylation is 1. The first-order chi connectivity index (χ1) is 11.2. The Hall–Kier alpha value is -1.46. The van der Waals surface area contributed by atoms with Gasteiger partial charge in [0.1, 0.15) is 6.10 Å². The predicted octanol–water partition coefficient (Wildman–Crippen LogP) is 2.19. The van der Waals surface area contributed by atoms with Crippen LogP contribution in [0.2, 0.25) is 0 Å². The molecule has 3 aliphatic rings. The van der Waals surface area contributed by atoms with Gasteiger partial charge in [0.25, 0.3) is 5.91 Å². The standard InChI is InChI=1S/C18H24N2O3/c1-12-2-5-14(10-19-12)18(21)20-8-9-22-16-7-6-15(20)17(16)23-11-13-3-4-13/h2,5,10,13,15-17H,3-4,6-9,11H2,1H3. The molecule has 1 aromatic rings. The van der Waals surface area contributed by atoms with Crippen molar-refractivity contribution in [3.63, 3.8) is 0 Å². The van der Waals surface area contributed by atoms with E-state index < -0.39 is 0 Å². The zero-order chi connectivity index (χ0) is 15.8. The minimum atomic E-state index is 0.0282. The zero-order valence-electron chi connectivity index (χ0n) is 13.6. The van der Waals surface area contributed by atoms with Crippen LogP contribution in [0.5, 0.6) is 0 Å². The molecule has 0 aromatic carbocycles. The molecule has 23 heavy (non-hydrogen) atoms. The van der Waals surface area contributed by atoms with E-state index in [-0.39, 0.29) is 24.2 Å². The molecule has 2 heterocycles. The second-order valence-electron chi connectivity index (χ2n) is 6.98. The normalized spacial score (nSPS) is 30.3. The van der Waals surface area contributed by atoms with Crippen molar-refractivity contribution in [2.75, 3.05) is 19.8 Å². The van der Waals surface area contributed by atoms with E-state index in [1.165, 1.54) is 12.8 Å². The molecule has 2 bridgehead atoms. The zero-order valence-corrected chi connectivity index (χ0v) is 13.6. The lowest BCUT2D eigenvalue weighted by Crippen LogP contribution is -2.46. The van der Waals surface area contributed by atoms with Crippen LogP contribution in [0.4, 0.5) is 0 Å². The molecule has 2 saturated carbocycles. The predicted molar refractivity (Wildman–Crippen MR) is 85.2 cm³/mol. The van der Waals surface area contributed by atoms with Crippen molar-refractivity contribution in [2.24, 2.45) is 5.92 Å². The molecule has 2 aliphatic carbocycles. The lowest BCUT2D eigenvalue weighted by molar-refractivity contribution is -0.0556. The quantitative estimate of drug-likeness (QED) is 0.854. The Kier molecular flexibility index (Phi) is 4.07. The van der Waals surface area contributed by atoms with Gasteiger partial charge in [-0.3, -0.25) is 9.78 Å². The number of pyridine rings is 1. The second kappa shape index (κ2) is 6.21. The molecule has 1 aromatic heterocycles. The molecule has 3 atom stereocenters. The van der Waals surface area contributed by atoms with Crippen LogP contribution >= 0.6 is 0 Å². The Bertz CT molecular complexity index is 570. The third kappa shape index (κ3) is 3.12. The van der Waals surface area contributed by atoms with E-state index in [1.807, 2.05) is 24.0 Å². The van der Waals surface area contributed by atoms with Crippen molar-refractivity contribution in [1.82, 2.24) is 9.88 Å². The average Bonchev–Trinajstić information content (AvgIpc) is 3.30. The highest BCUT2D eigenvalue weighted by molar-refractivity contribution is 5.94. The highest BCUT2D eigenvalue weighted by atomic mass is 16.5. The smallest absolute Gasteiger partial charge is 0.255 e. The second-order valence-corrected chi connectivity index (χ2v) is 6.98. The number of rotatable bonds is 4. The Morgan fingerprint density at radius 3 is 2.96 bits per heavy atom. The molecule has 3 fully saturated rings. The Balaban J connectivity index is 1.51. The number of hydrogen-bond donors (Lipinski definition) is 0. The summed E-state index contributed by atoms with van der Waals surface area (Å²) in [5.41, 5.74) is 1.58. The molecule has 1 saturated heterocycles. The molecular formula is C18H24N2O3. The van der Waals surface area contributed by atoms with Crippen LogP contribution in [0, 0.1) is 12.8 Å². The summed E-state index contributed by atoms with van der Waals surface area (Å²) < 4.78 is 12.1. The van der Waals surface area contributed by atoms with Crippen LogP contribution in [-0.2, 0) is 9.47 Å². The summed E-state index contributed by atoms with van der Waals surface area (Å²) in [5, 5.41) is 0. The van der Waals surface area contributed by atoms with Crippen molar-refractivity contribution in [2.45, 2.75) is 50.9 Å². The van der Waals surface area contributed by atoms with Crippen molar-refractivity contribution in [1.29, 1.82) is 0 Å². The van der Waals surface area contributed by atoms with Gasteiger partial charge < -0.3 is 14.4 Å². The third-order valence-electron chi connectivity index (χ3n) is 5.20. The van der Waals surface area contributed by atoms with E-state index in [0.717, 1.165) is 31.1 Å². The number of hydrogen-bond acceptors (Lipinski definition) is 4. The lowest BCUT2D eigenvalue weighted by Gasteiger charge is -2.31. The van der Waals surface area contributed by atoms with Crippen molar-refractivity contribution in [3.05, 3.63) is 29.6 Å². The topological polar surface area (TPSA) is 51.7 Å². The summed E-state index contributed by atoms with van der Waals surface area (Å²) >= 11 is 0. The minimum absolute atomic E-state index is 0.0282. The highest BCUT2D eigenvalue weighted by Crippen LogP contribution is 2.35. The third-order valence-corrected chi connectivity index (χ3v) is 5.20. The first-order valence-corrected chi connectivity index (χ1v) is 8.69. The Morgan fingerprint density at radius 1 is 1.35 bits per heavy atom. The first kappa shape index (κ1) is 15.1. The highest BCUT2D eigenvalue weighted by Gasteiger charge is 2.45. The molecule has 4 rings (SSSR count). The van der Waals surface area contributed by atoms with Gasteiger partial charge in [0, 0.05) is 25.0 Å². The van der Waals surface area contributed by atoms with Gasteiger partial charge in [-0.15, -0.1) is 0 Å². The van der Waals surface area contributed by atoms with E-state index in [4.69, 9.17) is 9.47 Å². The Morgan fingerprint density at radius 2 is 2.22 bits per heavy atom. The molecule has 0 N–H and O–H groups in total. The number of carbonyl (C=O) groups is 1. The number of aromatic nitrogens is 1. The van der Waals surface area contributed by atoms with Gasteiger partial charge >= 0.3 is 0 Å². The van der Waals surface area contributed by atoms with Gasteiger partial charge in [-0.25, -0.2) is 0 Å². The molecule has 5 nitrogen and oxygen atoms in total. The molecule has 0 spiro atoms. The molecule has 5 heteroatoms. The van der Waals surface area contributed by atoms with Crippen molar-refractivity contribution >= 4 is 5.91 Å². The van der Waals surface area contributed by atoms with Crippen LogP contribution in [0.15, 0.2) is 18.3 Å². The maximum atomic E-state index is 12.9. The number of amides is 1. The van der Waals surface area contributed by atoms with Crippen molar-refractivity contribution < 1.29 is 14.3 Å². The maximum Gasteiger partial charge on any atom is 0.255 e. The SMILES string of the molecule is Cc1ccc(C(=O)N2CCOC3CCC2C3OCC2CC2)cn1. The number of ether oxygens (including phenoxy) is 2. The average molecular weight is 316 g/mol. The summed E-state index contributed by atoms with van der Waals surface area (Å²) in [6.45, 7) is 3.97. The van der Waals surface area contributed by atoms with Crippen LogP contribution in [-0.4, -0.2) is 53.8 Å². The summed E-state index contributed by atoms with van der Waals surface area (Å²) in [6, 6.07) is 3.89. The van der Waals surface area contributed by atoms with E-state index >= 15 is 0 Å². The largest absolute Gasteiger partial charge is 0.374 e. The lowest BCUT2D eigenvalue weighted by atomic mass is 10.1. The van der Waals surface area contributed by atoms with Crippen LogP contribution < -0.4 is 0 Å².